The van der Waals surface area contributed by atoms with E-state index in [1.54, 1.807) is 13.8 Å². The lowest BCUT2D eigenvalue weighted by atomic mass is 9.81. The standard InChI is InChI=1S/C22H35NO4S/c1-4-5-14-27-21-12-10-20(11-13-21)23-15-22(24)19-8-6-18(7-9-19)16-28(25,26)17(2)3/h10-13,17-19,23H,4-9,14-16H2,1-3H3. The van der Waals surface area contributed by atoms with E-state index in [-0.39, 0.29) is 28.6 Å². The quantitative estimate of drug-likeness (QED) is 0.546. The fourth-order valence-electron chi connectivity index (χ4n) is 3.51. The van der Waals surface area contributed by atoms with Gasteiger partial charge in [0.2, 0.25) is 0 Å². The summed E-state index contributed by atoms with van der Waals surface area (Å²) >= 11 is 0. The molecule has 5 nitrogen and oxygen atoms in total. The van der Waals surface area contributed by atoms with Crippen molar-refractivity contribution in [3.63, 3.8) is 0 Å². The van der Waals surface area contributed by atoms with Crippen LogP contribution in [0.25, 0.3) is 0 Å². The zero-order valence-electron chi connectivity index (χ0n) is 17.4. The molecule has 2 rings (SSSR count). The van der Waals surface area contributed by atoms with E-state index in [2.05, 4.69) is 12.2 Å². The molecule has 0 heterocycles. The summed E-state index contributed by atoms with van der Waals surface area (Å²) in [6.45, 7) is 6.64. The molecule has 0 saturated heterocycles. The normalized spacial score (nSPS) is 20.1. The van der Waals surface area contributed by atoms with E-state index >= 15 is 0 Å². The van der Waals surface area contributed by atoms with E-state index < -0.39 is 9.84 Å². The van der Waals surface area contributed by atoms with E-state index in [9.17, 15) is 13.2 Å². The molecule has 1 aromatic carbocycles. The average Bonchev–Trinajstić information content (AvgIpc) is 2.67. The van der Waals surface area contributed by atoms with Crippen LogP contribution in [0.4, 0.5) is 5.69 Å². The Morgan fingerprint density at radius 1 is 1.14 bits per heavy atom. The number of carbonyl (C=O) groups excluding carboxylic acids is 1. The highest BCUT2D eigenvalue weighted by atomic mass is 32.2. The third kappa shape index (κ3) is 7.12. The fourth-order valence-corrected chi connectivity index (χ4v) is 4.88. The molecule has 1 aliphatic rings. The van der Waals surface area contributed by atoms with Crippen molar-refractivity contribution >= 4 is 21.3 Å². The summed E-state index contributed by atoms with van der Waals surface area (Å²) in [7, 11) is -3.00. The van der Waals surface area contributed by atoms with Crippen molar-refractivity contribution in [1.29, 1.82) is 0 Å². The smallest absolute Gasteiger partial charge is 0.154 e. The maximum Gasteiger partial charge on any atom is 0.154 e. The third-order valence-corrected chi connectivity index (χ3v) is 7.95. The molecule has 0 spiro atoms. The van der Waals surface area contributed by atoms with E-state index in [1.807, 2.05) is 24.3 Å². The molecule has 0 amide bonds. The molecule has 6 heteroatoms. The van der Waals surface area contributed by atoms with Crippen LogP contribution in [0, 0.1) is 11.8 Å². The number of ketones is 1. The molecule has 1 aliphatic carbocycles. The maximum atomic E-state index is 12.5. The molecular weight excluding hydrogens is 374 g/mol. The van der Waals surface area contributed by atoms with E-state index in [0.717, 1.165) is 56.6 Å². The van der Waals surface area contributed by atoms with Crippen molar-refractivity contribution in [2.45, 2.75) is 64.5 Å². The number of ether oxygens (including phenoxy) is 1. The summed E-state index contributed by atoms with van der Waals surface area (Å²) in [6, 6.07) is 7.70. The van der Waals surface area contributed by atoms with Crippen LogP contribution in [-0.2, 0) is 14.6 Å². The monoisotopic (exact) mass is 409 g/mol. The number of hydrogen-bond acceptors (Lipinski definition) is 5. The van der Waals surface area contributed by atoms with Crippen LogP contribution in [-0.4, -0.2) is 38.4 Å². The van der Waals surface area contributed by atoms with Crippen LogP contribution in [0.2, 0.25) is 0 Å². The second-order valence-corrected chi connectivity index (χ2v) is 10.7. The summed E-state index contributed by atoms with van der Waals surface area (Å²) in [5.74, 6) is 1.57. The van der Waals surface area contributed by atoms with Gasteiger partial charge in [-0.1, -0.05) is 13.3 Å². The van der Waals surface area contributed by atoms with Crippen molar-refractivity contribution in [2.75, 3.05) is 24.2 Å². The van der Waals surface area contributed by atoms with Crippen LogP contribution in [0.1, 0.15) is 59.3 Å². The number of rotatable bonds is 11. The first-order valence-electron chi connectivity index (χ1n) is 10.5. The number of hydrogen-bond donors (Lipinski definition) is 1. The number of carbonyl (C=O) groups is 1. The van der Waals surface area contributed by atoms with Crippen molar-refractivity contribution in [3.05, 3.63) is 24.3 Å². The number of benzene rings is 1. The Morgan fingerprint density at radius 3 is 2.36 bits per heavy atom. The van der Waals surface area contributed by atoms with Crippen molar-refractivity contribution in [1.82, 2.24) is 0 Å². The highest BCUT2D eigenvalue weighted by Crippen LogP contribution is 2.31. The van der Waals surface area contributed by atoms with Gasteiger partial charge >= 0.3 is 0 Å². The summed E-state index contributed by atoms with van der Waals surface area (Å²) in [5, 5.41) is 2.88. The van der Waals surface area contributed by atoms with Gasteiger partial charge < -0.3 is 10.1 Å². The minimum absolute atomic E-state index is 0.0437. The molecule has 0 radical (unpaired) electrons. The molecule has 0 aromatic heterocycles. The SMILES string of the molecule is CCCCOc1ccc(NCC(=O)C2CCC(CS(=O)(=O)C(C)C)CC2)cc1. The van der Waals surface area contributed by atoms with Gasteiger partial charge in [0.1, 0.15) is 5.75 Å². The van der Waals surface area contributed by atoms with Crippen molar-refractivity contribution in [3.8, 4) is 5.75 Å². The largest absolute Gasteiger partial charge is 0.494 e. The van der Waals surface area contributed by atoms with Gasteiger partial charge in [0.25, 0.3) is 0 Å². The van der Waals surface area contributed by atoms with Crippen LogP contribution in [0.3, 0.4) is 0 Å². The first-order chi connectivity index (χ1) is 13.3. The second-order valence-electron chi connectivity index (χ2n) is 8.14. The lowest BCUT2D eigenvalue weighted by Gasteiger charge is -2.28. The Labute approximate surface area is 170 Å². The summed E-state index contributed by atoms with van der Waals surface area (Å²) in [5.41, 5.74) is 0.910. The van der Waals surface area contributed by atoms with Crippen molar-refractivity contribution < 1.29 is 17.9 Å². The van der Waals surface area contributed by atoms with Gasteiger partial charge in [0.05, 0.1) is 24.2 Å². The van der Waals surface area contributed by atoms with Gasteiger partial charge in [-0.05, 0) is 76.1 Å². The van der Waals surface area contributed by atoms with Crippen LogP contribution < -0.4 is 10.1 Å². The van der Waals surface area contributed by atoms with Gasteiger partial charge in [-0.15, -0.1) is 0 Å². The van der Waals surface area contributed by atoms with Gasteiger partial charge in [0.15, 0.2) is 15.6 Å². The maximum absolute atomic E-state index is 12.5. The Morgan fingerprint density at radius 2 is 1.79 bits per heavy atom. The van der Waals surface area contributed by atoms with E-state index in [1.165, 1.54) is 0 Å². The molecule has 1 fully saturated rings. The van der Waals surface area contributed by atoms with Gasteiger partial charge in [0, 0.05) is 11.6 Å². The summed E-state index contributed by atoms with van der Waals surface area (Å²) in [6.07, 6.45) is 5.39. The lowest BCUT2D eigenvalue weighted by molar-refractivity contribution is -0.122. The van der Waals surface area contributed by atoms with Gasteiger partial charge in [-0.25, -0.2) is 8.42 Å². The predicted octanol–water partition coefficient (Wildman–Crippen LogP) is 4.48. The van der Waals surface area contributed by atoms with Gasteiger partial charge in [-0.2, -0.15) is 0 Å². The Bertz CT molecular complexity index is 705. The molecule has 1 N–H and O–H groups in total. The predicted molar refractivity (Wildman–Crippen MR) is 115 cm³/mol. The first kappa shape index (κ1) is 22.7. The Kier molecular flexibility index (Phi) is 8.80. The molecule has 0 bridgehead atoms. The van der Waals surface area contributed by atoms with Crippen LogP contribution in [0.15, 0.2) is 24.3 Å². The van der Waals surface area contributed by atoms with Crippen LogP contribution in [0.5, 0.6) is 5.75 Å². The topological polar surface area (TPSA) is 72.5 Å². The number of unbranched alkanes of at least 4 members (excludes halogenated alkanes) is 1. The molecule has 158 valence electrons. The molecule has 0 atom stereocenters. The summed E-state index contributed by atoms with van der Waals surface area (Å²) in [4.78, 5) is 12.5. The zero-order valence-corrected chi connectivity index (χ0v) is 18.3. The Balaban J connectivity index is 1.73. The van der Waals surface area contributed by atoms with Crippen LogP contribution >= 0.6 is 0 Å². The Hall–Kier alpha value is -1.56. The third-order valence-electron chi connectivity index (χ3n) is 5.58. The van der Waals surface area contributed by atoms with E-state index in [4.69, 9.17) is 4.74 Å². The molecule has 1 saturated carbocycles. The fraction of sp³-hybridized carbons (Fsp3) is 0.682. The second kappa shape index (κ2) is 10.8. The highest BCUT2D eigenvalue weighted by molar-refractivity contribution is 7.91. The lowest BCUT2D eigenvalue weighted by Crippen LogP contribution is -2.30. The van der Waals surface area contributed by atoms with E-state index in [0.29, 0.717) is 6.54 Å². The zero-order chi connectivity index (χ0) is 20.6. The minimum Gasteiger partial charge on any atom is -0.494 e. The number of sulfone groups is 1. The number of anilines is 1. The minimum atomic E-state index is -3.00. The molecule has 0 unspecified atom stereocenters. The average molecular weight is 410 g/mol. The highest BCUT2D eigenvalue weighted by Gasteiger charge is 2.29. The molecular formula is C22H35NO4S. The first-order valence-corrected chi connectivity index (χ1v) is 12.2. The number of Topliss-reactive ketones (excluding diaryl/α,β-unsaturated/α-hetero) is 1. The van der Waals surface area contributed by atoms with Gasteiger partial charge in [-0.3, -0.25) is 4.79 Å². The summed E-state index contributed by atoms with van der Waals surface area (Å²) < 4.78 is 29.8. The molecule has 28 heavy (non-hydrogen) atoms. The molecule has 0 aliphatic heterocycles. The number of nitrogens with one attached hydrogen (secondary N) is 1. The molecule has 1 aromatic rings. The van der Waals surface area contributed by atoms with Crippen molar-refractivity contribution in [2.24, 2.45) is 11.8 Å².